The number of rotatable bonds is 3. The lowest BCUT2D eigenvalue weighted by atomic mass is 10.1. The maximum absolute atomic E-state index is 8.33. The fraction of sp³-hybridized carbons (Fsp3) is 0.300. The smallest absolute Gasteiger partial charge is 0.0621 e. The van der Waals surface area contributed by atoms with Crippen molar-refractivity contribution in [1.29, 1.82) is 5.26 Å². The first kappa shape index (κ1) is 9.28. The van der Waals surface area contributed by atoms with Gasteiger partial charge in [0.15, 0.2) is 0 Å². The van der Waals surface area contributed by atoms with Gasteiger partial charge in [0.25, 0.3) is 0 Å². The number of unbranched alkanes of at least 4 members (excludes halogenated alkanes) is 1. The lowest BCUT2D eigenvalue weighted by Crippen LogP contribution is -1.83. The summed E-state index contributed by atoms with van der Waals surface area (Å²) in [6, 6.07) is 10.4. The molecule has 0 spiro atoms. The Balaban J connectivity index is 2.43. The highest BCUT2D eigenvalue weighted by atomic mass is 79.9. The molecule has 0 saturated heterocycles. The average Bonchev–Trinajstić information content (AvgIpc) is 2.09. The summed E-state index contributed by atoms with van der Waals surface area (Å²) in [5.41, 5.74) is 1.30. The van der Waals surface area contributed by atoms with Gasteiger partial charge in [-0.3, -0.25) is 0 Å². The summed E-state index contributed by atoms with van der Waals surface area (Å²) >= 11 is 3.37. The van der Waals surface area contributed by atoms with Gasteiger partial charge in [0.05, 0.1) is 6.07 Å². The molecular formula is C10H10BrN. The van der Waals surface area contributed by atoms with Gasteiger partial charge < -0.3 is 0 Å². The predicted octanol–water partition coefficient (Wildman–Crippen LogP) is 3.30. The van der Waals surface area contributed by atoms with Gasteiger partial charge in [0.1, 0.15) is 0 Å². The highest BCUT2D eigenvalue weighted by Crippen LogP contribution is 2.12. The molecule has 1 aromatic rings. The fourth-order valence-electron chi connectivity index (χ4n) is 1.02. The third-order valence-electron chi connectivity index (χ3n) is 1.67. The number of nitrogens with zero attached hydrogens (tertiary/aromatic N) is 1. The second-order valence-corrected chi connectivity index (χ2v) is 3.55. The number of hydrogen-bond acceptors (Lipinski definition) is 1. The topological polar surface area (TPSA) is 23.8 Å². The van der Waals surface area contributed by atoms with Gasteiger partial charge in [-0.15, -0.1) is 0 Å². The molecule has 0 amide bonds. The van der Waals surface area contributed by atoms with Gasteiger partial charge in [0.2, 0.25) is 0 Å². The number of aryl methyl sites for hydroxylation is 1. The fourth-order valence-corrected chi connectivity index (χ4v) is 1.29. The van der Waals surface area contributed by atoms with Crippen molar-refractivity contribution in [2.24, 2.45) is 0 Å². The van der Waals surface area contributed by atoms with Crippen LogP contribution in [0.25, 0.3) is 0 Å². The van der Waals surface area contributed by atoms with Crippen molar-refractivity contribution >= 4 is 15.9 Å². The van der Waals surface area contributed by atoms with Crippen molar-refractivity contribution < 1.29 is 0 Å². The lowest BCUT2D eigenvalue weighted by molar-refractivity contribution is 0.850. The monoisotopic (exact) mass is 223 g/mol. The summed E-state index contributed by atoms with van der Waals surface area (Å²) in [5, 5.41) is 8.33. The minimum absolute atomic E-state index is 0.649. The summed E-state index contributed by atoms with van der Waals surface area (Å²) in [6.45, 7) is 0. The van der Waals surface area contributed by atoms with E-state index in [0.29, 0.717) is 6.42 Å². The number of nitriles is 1. The van der Waals surface area contributed by atoms with Crippen molar-refractivity contribution in [2.45, 2.75) is 19.3 Å². The zero-order valence-electron chi connectivity index (χ0n) is 6.76. The van der Waals surface area contributed by atoms with Crippen molar-refractivity contribution in [3.05, 3.63) is 34.3 Å². The van der Waals surface area contributed by atoms with Gasteiger partial charge >= 0.3 is 0 Å². The van der Waals surface area contributed by atoms with Crippen LogP contribution in [0.4, 0.5) is 0 Å². The number of halogens is 1. The normalized spacial score (nSPS) is 9.33. The first-order valence-electron chi connectivity index (χ1n) is 3.94. The number of hydrogen-bond donors (Lipinski definition) is 0. The molecule has 1 aromatic carbocycles. The van der Waals surface area contributed by atoms with Crippen LogP contribution >= 0.6 is 15.9 Å². The van der Waals surface area contributed by atoms with Crippen LogP contribution in [0.5, 0.6) is 0 Å². The summed E-state index contributed by atoms with van der Waals surface area (Å²) in [4.78, 5) is 0. The molecule has 0 aliphatic heterocycles. The Labute approximate surface area is 81.2 Å². The van der Waals surface area contributed by atoms with E-state index < -0.39 is 0 Å². The molecular weight excluding hydrogens is 214 g/mol. The van der Waals surface area contributed by atoms with Gasteiger partial charge in [-0.2, -0.15) is 5.26 Å². The maximum Gasteiger partial charge on any atom is 0.0621 e. The second kappa shape index (κ2) is 4.95. The molecule has 0 saturated carbocycles. The molecule has 12 heavy (non-hydrogen) atoms. The Morgan fingerprint density at radius 3 is 2.50 bits per heavy atom. The summed E-state index contributed by atoms with van der Waals surface area (Å²) in [7, 11) is 0. The van der Waals surface area contributed by atoms with Crippen LogP contribution in [-0.2, 0) is 6.42 Å². The molecule has 0 aliphatic carbocycles. The van der Waals surface area contributed by atoms with Crippen LogP contribution in [0.15, 0.2) is 28.7 Å². The average molecular weight is 224 g/mol. The van der Waals surface area contributed by atoms with Crippen LogP contribution in [0, 0.1) is 11.3 Å². The zero-order valence-corrected chi connectivity index (χ0v) is 8.34. The Morgan fingerprint density at radius 2 is 1.92 bits per heavy atom. The molecule has 62 valence electrons. The molecule has 0 atom stereocenters. The third kappa shape index (κ3) is 3.06. The Bertz CT molecular complexity index is 271. The summed E-state index contributed by atoms with van der Waals surface area (Å²) < 4.78 is 1.10. The van der Waals surface area contributed by atoms with E-state index in [4.69, 9.17) is 5.26 Å². The van der Waals surface area contributed by atoms with Gasteiger partial charge in [0, 0.05) is 10.9 Å². The standard InChI is InChI=1S/C10H10BrN/c11-10-6-4-9(5-7-10)3-1-2-8-12/h4-7H,1-3H2. The van der Waals surface area contributed by atoms with E-state index in [1.165, 1.54) is 5.56 Å². The number of benzene rings is 1. The molecule has 0 heterocycles. The molecule has 1 rings (SSSR count). The maximum atomic E-state index is 8.33. The molecule has 0 bridgehead atoms. The molecule has 0 aromatic heterocycles. The molecule has 0 unspecified atom stereocenters. The van der Waals surface area contributed by atoms with E-state index in [1.807, 2.05) is 12.1 Å². The van der Waals surface area contributed by atoms with Crippen LogP contribution < -0.4 is 0 Å². The molecule has 0 N–H and O–H groups in total. The molecule has 2 heteroatoms. The summed E-state index contributed by atoms with van der Waals surface area (Å²) in [5.74, 6) is 0. The Hall–Kier alpha value is -0.810. The SMILES string of the molecule is N#CCCCc1ccc(Br)cc1. The van der Waals surface area contributed by atoms with Gasteiger partial charge in [-0.25, -0.2) is 0 Å². The van der Waals surface area contributed by atoms with E-state index in [2.05, 4.69) is 34.1 Å². The van der Waals surface area contributed by atoms with Gasteiger partial charge in [-0.05, 0) is 30.5 Å². The van der Waals surface area contributed by atoms with E-state index in [9.17, 15) is 0 Å². The Kier molecular flexibility index (Phi) is 3.83. The molecule has 0 fully saturated rings. The second-order valence-electron chi connectivity index (χ2n) is 2.64. The van der Waals surface area contributed by atoms with Gasteiger partial charge in [-0.1, -0.05) is 28.1 Å². The quantitative estimate of drug-likeness (QED) is 0.722. The Morgan fingerprint density at radius 1 is 1.25 bits per heavy atom. The van der Waals surface area contributed by atoms with E-state index in [1.54, 1.807) is 0 Å². The largest absolute Gasteiger partial charge is 0.198 e. The molecule has 1 nitrogen and oxygen atoms in total. The van der Waals surface area contributed by atoms with Crippen molar-refractivity contribution in [1.82, 2.24) is 0 Å². The molecule has 0 aliphatic rings. The highest BCUT2D eigenvalue weighted by molar-refractivity contribution is 9.10. The van der Waals surface area contributed by atoms with Crippen LogP contribution in [0.1, 0.15) is 18.4 Å². The summed E-state index contributed by atoms with van der Waals surface area (Å²) in [6.07, 6.45) is 2.61. The predicted molar refractivity (Wildman–Crippen MR) is 52.7 cm³/mol. The minimum atomic E-state index is 0.649. The van der Waals surface area contributed by atoms with Crippen LogP contribution in [0.3, 0.4) is 0 Å². The minimum Gasteiger partial charge on any atom is -0.198 e. The van der Waals surface area contributed by atoms with Crippen LogP contribution in [0.2, 0.25) is 0 Å². The van der Waals surface area contributed by atoms with Crippen molar-refractivity contribution in [3.63, 3.8) is 0 Å². The van der Waals surface area contributed by atoms with Crippen LogP contribution in [-0.4, -0.2) is 0 Å². The highest BCUT2D eigenvalue weighted by Gasteiger charge is 1.92. The van der Waals surface area contributed by atoms with E-state index in [-0.39, 0.29) is 0 Å². The van der Waals surface area contributed by atoms with Crippen molar-refractivity contribution in [2.75, 3.05) is 0 Å². The lowest BCUT2D eigenvalue weighted by Gasteiger charge is -1.97. The van der Waals surface area contributed by atoms with Crippen molar-refractivity contribution in [3.8, 4) is 6.07 Å². The molecule has 0 radical (unpaired) electrons. The third-order valence-corrected chi connectivity index (χ3v) is 2.20. The van der Waals surface area contributed by atoms with E-state index in [0.717, 1.165) is 17.3 Å². The van der Waals surface area contributed by atoms with E-state index >= 15 is 0 Å². The first-order chi connectivity index (χ1) is 5.83. The zero-order chi connectivity index (χ0) is 8.81. The first-order valence-corrected chi connectivity index (χ1v) is 4.73.